The highest BCUT2D eigenvalue weighted by Gasteiger charge is 2.15. The van der Waals surface area contributed by atoms with E-state index in [0.29, 0.717) is 40.8 Å². The van der Waals surface area contributed by atoms with Crippen LogP contribution in [0.5, 0.6) is 0 Å². The predicted molar refractivity (Wildman–Crippen MR) is 91.8 cm³/mol. The summed E-state index contributed by atoms with van der Waals surface area (Å²) in [6.07, 6.45) is 0.408. The maximum Gasteiger partial charge on any atom is 0.259 e. The van der Waals surface area contributed by atoms with E-state index in [1.807, 2.05) is 12.1 Å². The molecule has 2 aromatic carbocycles. The summed E-state index contributed by atoms with van der Waals surface area (Å²) in [6.45, 7) is 0.372. The number of halogens is 2. The summed E-state index contributed by atoms with van der Waals surface area (Å²) in [5.74, 6) is 0.0876. The zero-order valence-electron chi connectivity index (χ0n) is 13.4. The van der Waals surface area contributed by atoms with Crippen molar-refractivity contribution in [3.05, 3.63) is 70.8 Å². The van der Waals surface area contributed by atoms with Gasteiger partial charge in [0.05, 0.1) is 10.6 Å². The Kier molecular flexibility index (Phi) is 5.09. The van der Waals surface area contributed by atoms with Gasteiger partial charge in [-0.15, -0.1) is 0 Å². The lowest BCUT2D eigenvalue weighted by atomic mass is 10.2. The minimum atomic E-state index is -0.443. The molecule has 0 atom stereocenters. The third-order valence-electron chi connectivity index (χ3n) is 3.66. The van der Waals surface area contributed by atoms with Gasteiger partial charge in [0.1, 0.15) is 5.82 Å². The number of hydrogen-bond donors (Lipinski definition) is 0. The van der Waals surface area contributed by atoms with Crippen molar-refractivity contribution in [1.29, 1.82) is 0 Å². The molecule has 25 heavy (non-hydrogen) atoms. The first-order valence-electron chi connectivity index (χ1n) is 7.63. The molecule has 0 unspecified atom stereocenters. The van der Waals surface area contributed by atoms with Crippen LogP contribution in [0.25, 0.3) is 11.5 Å². The van der Waals surface area contributed by atoms with Gasteiger partial charge in [0.2, 0.25) is 0 Å². The summed E-state index contributed by atoms with van der Waals surface area (Å²) < 4.78 is 18.5. The summed E-state index contributed by atoms with van der Waals surface area (Å²) in [7, 11) is 1.64. The Morgan fingerprint density at radius 3 is 2.80 bits per heavy atom. The third-order valence-corrected chi connectivity index (χ3v) is 3.99. The van der Waals surface area contributed by atoms with Crippen molar-refractivity contribution in [2.24, 2.45) is 0 Å². The van der Waals surface area contributed by atoms with E-state index in [1.54, 1.807) is 25.2 Å². The Morgan fingerprint density at radius 2 is 2.04 bits per heavy atom. The van der Waals surface area contributed by atoms with Crippen LogP contribution in [0.4, 0.5) is 4.39 Å². The largest absolute Gasteiger partial charge is 0.341 e. The van der Waals surface area contributed by atoms with Crippen molar-refractivity contribution in [3.63, 3.8) is 0 Å². The van der Waals surface area contributed by atoms with Crippen LogP contribution in [0.15, 0.2) is 53.1 Å². The number of benzene rings is 2. The second kappa shape index (κ2) is 7.44. The molecule has 5 nitrogen and oxygen atoms in total. The zero-order chi connectivity index (χ0) is 17.8. The Bertz CT molecular complexity index is 897. The smallest absolute Gasteiger partial charge is 0.259 e. The molecular weight excluding hydrogens is 345 g/mol. The number of rotatable bonds is 5. The average molecular weight is 360 g/mol. The highest BCUT2D eigenvalue weighted by molar-refractivity contribution is 6.33. The minimum Gasteiger partial charge on any atom is -0.341 e. The normalized spacial score (nSPS) is 10.7. The predicted octanol–water partition coefficient (Wildman–Crippen LogP) is 3.84. The van der Waals surface area contributed by atoms with Crippen molar-refractivity contribution in [3.8, 4) is 11.5 Å². The highest BCUT2D eigenvalue weighted by atomic mass is 35.5. The summed E-state index contributed by atoms with van der Waals surface area (Å²) in [5.41, 5.74) is 0.958. The maximum atomic E-state index is 13.2. The number of carbonyl (C=O) groups excluding carboxylic acids is 1. The van der Waals surface area contributed by atoms with Gasteiger partial charge in [-0.2, -0.15) is 4.98 Å². The number of amides is 1. The molecule has 7 heteroatoms. The molecule has 0 aliphatic rings. The van der Waals surface area contributed by atoms with Gasteiger partial charge in [0.25, 0.3) is 11.8 Å². The summed E-state index contributed by atoms with van der Waals surface area (Å²) in [6, 6.07) is 12.8. The monoisotopic (exact) mass is 359 g/mol. The molecule has 1 amide bonds. The number of nitrogens with zero attached hydrogens (tertiary/aromatic N) is 3. The molecule has 0 saturated carbocycles. The van der Waals surface area contributed by atoms with Gasteiger partial charge >= 0.3 is 0 Å². The first-order chi connectivity index (χ1) is 12.0. The van der Waals surface area contributed by atoms with Gasteiger partial charge in [0.15, 0.2) is 5.82 Å². The number of aromatic nitrogens is 2. The Hall–Kier alpha value is -2.73. The Labute approximate surface area is 149 Å². The molecule has 0 N–H and O–H groups in total. The molecule has 0 radical (unpaired) electrons. The van der Waals surface area contributed by atoms with Crippen molar-refractivity contribution in [1.82, 2.24) is 15.0 Å². The zero-order valence-corrected chi connectivity index (χ0v) is 14.2. The first-order valence-corrected chi connectivity index (χ1v) is 8.01. The van der Waals surface area contributed by atoms with Crippen LogP contribution in [0.2, 0.25) is 5.02 Å². The fourth-order valence-corrected chi connectivity index (χ4v) is 2.53. The van der Waals surface area contributed by atoms with Gasteiger partial charge < -0.3 is 9.42 Å². The maximum absolute atomic E-state index is 13.2. The van der Waals surface area contributed by atoms with E-state index in [1.165, 1.54) is 23.1 Å². The lowest BCUT2D eigenvalue weighted by molar-refractivity contribution is 0.0795. The topological polar surface area (TPSA) is 59.2 Å². The Balaban J connectivity index is 1.64. The molecule has 0 aliphatic carbocycles. The van der Waals surface area contributed by atoms with Gasteiger partial charge in [-0.05, 0) is 30.3 Å². The van der Waals surface area contributed by atoms with Crippen LogP contribution in [0, 0.1) is 5.82 Å². The van der Waals surface area contributed by atoms with Crippen molar-refractivity contribution >= 4 is 17.5 Å². The van der Waals surface area contributed by atoms with Crippen LogP contribution in [-0.4, -0.2) is 34.5 Å². The average Bonchev–Trinajstić information content (AvgIpc) is 3.08. The SMILES string of the molecule is CN(CCc1noc(-c2ccccc2Cl)n1)C(=O)c1cccc(F)c1. The van der Waals surface area contributed by atoms with Gasteiger partial charge in [-0.3, -0.25) is 4.79 Å². The molecular formula is C18H15ClFN3O2. The molecule has 1 heterocycles. The lowest BCUT2D eigenvalue weighted by Crippen LogP contribution is -2.29. The molecule has 0 fully saturated rings. The van der Waals surface area contributed by atoms with E-state index < -0.39 is 5.82 Å². The summed E-state index contributed by atoms with van der Waals surface area (Å²) >= 11 is 6.11. The van der Waals surface area contributed by atoms with E-state index in [4.69, 9.17) is 16.1 Å². The van der Waals surface area contributed by atoms with E-state index in [2.05, 4.69) is 10.1 Å². The third kappa shape index (κ3) is 4.03. The molecule has 128 valence electrons. The number of likely N-dealkylation sites (N-methyl/N-ethyl adjacent to an activating group) is 1. The van der Waals surface area contributed by atoms with Gasteiger partial charge in [0, 0.05) is 25.6 Å². The van der Waals surface area contributed by atoms with Gasteiger partial charge in [-0.25, -0.2) is 4.39 Å². The molecule has 0 aliphatic heterocycles. The highest BCUT2D eigenvalue weighted by Crippen LogP contribution is 2.25. The molecule has 1 aromatic heterocycles. The lowest BCUT2D eigenvalue weighted by Gasteiger charge is -2.16. The molecule has 0 spiro atoms. The number of hydrogen-bond acceptors (Lipinski definition) is 4. The van der Waals surface area contributed by atoms with Crippen LogP contribution < -0.4 is 0 Å². The van der Waals surface area contributed by atoms with E-state index in [9.17, 15) is 9.18 Å². The van der Waals surface area contributed by atoms with Crippen molar-refractivity contribution in [2.75, 3.05) is 13.6 Å². The van der Waals surface area contributed by atoms with Crippen LogP contribution >= 0.6 is 11.6 Å². The second-order valence-electron chi connectivity index (χ2n) is 5.48. The van der Waals surface area contributed by atoms with Crippen LogP contribution in [-0.2, 0) is 6.42 Å². The minimum absolute atomic E-state index is 0.269. The molecule has 0 bridgehead atoms. The standard InChI is InChI=1S/C18H15ClFN3O2/c1-23(18(24)12-5-4-6-13(20)11-12)10-9-16-21-17(25-22-16)14-7-2-3-8-15(14)19/h2-8,11H,9-10H2,1H3. The summed E-state index contributed by atoms with van der Waals surface area (Å²) in [4.78, 5) is 18.1. The second-order valence-corrected chi connectivity index (χ2v) is 5.89. The first kappa shape index (κ1) is 17.1. The summed E-state index contributed by atoms with van der Waals surface area (Å²) in [5, 5.41) is 4.43. The van der Waals surface area contributed by atoms with E-state index >= 15 is 0 Å². The molecule has 3 rings (SSSR count). The fraction of sp³-hybridized carbons (Fsp3) is 0.167. The van der Waals surface area contributed by atoms with Crippen LogP contribution in [0.1, 0.15) is 16.2 Å². The fourth-order valence-electron chi connectivity index (χ4n) is 2.31. The van der Waals surface area contributed by atoms with Crippen molar-refractivity contribution in [2.45, 2.75) is 6.42 Å². The quantitative estimate of drug-likeness (QED) is 0.694. The van der Waals surface area contributed by atoms with E-state index in [-0.39, 0.29) is 5.91 Å². The van der Waals surface area contributed by atoms with E-state index in [0.717, 1.165) is 0 Å². The van der Waals surface area contributed by atoms with Gasteiger partial charge in [-0.1, -0.05) is 35.0 Å². The van der Waals surface area contributed by atoms with Crippen LogP contribution in [0.3, 0.4) is 0 Å². The molecule has 3 aromatic rings. The molecule has 0 saturated heterocycles. The Morgan fingerprint density at radius 1 is 1.24 bits per heavy atom. The number of carbonyl (C=O) groups is 1. The van der Waals surface area contributed by atoms with Crippen molar-refractivity contribution < 1.29 is 13.7 Å².